The number of rotatable bonds is 3. The lowest BCUT2D eigenvalue weighted by Crippen LogP contribution is -2.29. The van der Waals surface area contributed by atoms with E-state index in [1.54, 1.807) is 12.1 Å². The van der Waals surface area contributed by atoms with Crippen LogP contribution in [0.1, 0.15) is 5.56 Å². The van der Waals surface area contributed by atoms with Gasteiger partial charge in [-0.05, 0) is 17.6 Å². The Kier molecular flexibility index (Phi) is 4.30. The van der Waals surface area contributed by atoms with E-state index in [2.05, 4.69) is 0 Å². The summed E-state index contributed by atoms with van der Waals surface area (Å²) in [4.78, 5) is 0. The van der Waals surface area contributed by atoms with Crippen molar-refractivity contribution in [3.05, 3.63) is 29.3 Å². The molecule has 1 aromatic rings. The first-order valence-electron chi connectivity index (χ1n) is 4.68. The van der Waals surface area contributed by atoms with Gasteiger partial charge in [-0.2, -0.15) is 10.5 Å². The number of hydrogen-bond donors (Lipinski definition) is 2. The lowest BCUT2D eigenvalue weighted by molar-refractivity contribution is 0.413. The molecule has 2 N–H and O–H groups in total. The van der Waals surface area contributed by atoms with Crippen molar-refractivity contribution < 1.29 is 14.8 Å². The van der Waals surface area contributed by atoms with Crippen molar-refractivity contribution in [2.45, 2.75) is 0 Å². The van der Waals surface area contributed by atoms with Crippen LogP contribution >= 0.6 is 0 Å². The first-order valence-corrected chi connectivity index (χ1v) is 4.68. The van der Waals surface area contributed by atoms with E-state index in [4.69, 9.17) is 25.3 Å². The molecule has 0 atom stereocenters. The topological polar surface area (TPSA) is 97.3 Å². The fourth-order valence-electron chi connectivity index (χ4n) is 1.27. The van der Waals surface area contributed by atoms with Gasteiger partial charge in [-0.3, -0.25) is 0 Å². The zero-order valence-corrected chi connectivity index (χ0v) is 9.08. The van der Waals surface area contributed by atoms with Gasteiger partial charge in [0.25, 0.3) is 0 Å². The Morgan fingerprint density at radius 3 is 2.47 bits per heavy atom. The van der Waals surface area contributed by atoms with Gasteiger partial charge in [-0.1, -0.05) is 12.1 Å². The van der Waals surface area contributed by atoms with Gasteiger partial charge in [0.2, 0.25) is 0 Å². The molecule has 0 aliphatic carbocycles. The summed E-state index contributed by atoms with van der Waals surface area (Å²) in [5.74, 6) is 0.442. The molecule has 6 heteroatoms. The minimum atomic E-state index is -1.61. The Labute approximate surface area is 98.9 Å². The number of methoxy groups -OCH3 is 1. The minimum absolute atomic E-state index is 0.0899. The molecule has 0 radical (unpaired) electrons. The molecule has 0 unspecified atom stereocenters. The molecule has 0 aliphatic rings. The van der Waals surface area contributed by atoms with E-state index >= 15 is 0 Å². The summed E-state index contributed by atoms with van der Waals surface area (Å²) in [5.41, 5.74) is 0.608. The molecule has 0 saturated carbocycles. The van der Waals surface area contributed by atoms with Crippen LogP contribution in [0.4, 0.5) is 0 Å². The van der Waals surface area contributed by atoms with Crippen LogP contribution in [0.3, 0.4) is 0 Å². The summed E-state index contributed by atoms with van der Waals surface area (Å²) >= 11 is 0. The van der Waals surface area contributed by atoms with Crippen molar-refractivity contribution in [3.63, 3.8) is 0 Å². The van der Waals surface area contributed by atoms with E-state index in [0.29, 0.717) is 11.3 Å². The molecule has 5 nitrogen and oxygen atoms in total. The number of allylic oxidation sites excluding steroid dienone is 1. The van der Waals surface area contributed by atoms with Gasteiger partial charge in [-0.15, -0.1) is 0 Å². The molecule has 0 aromatic heterocycles. The third kappa shape index (κ3) is 3.09. The maximum atomic E-state index is 9.02. The molecule has 1 rings (SSSR count). The monoisotopic (exact) mass is 228 g/mol. The molecule has 1 aromatic carbocycles. The van der Waals surface area contributed by atoms with Gasteiger partial charge in [0.1, 0.15) is 23.5 Å². The average Bonchev–Trinajstić information content (AvgIpc) is 2.35. The largest absolute Gasteiger partial charge is 0.496 e. The van der Waals surface area contributed by atoms with Crippen molar-refractivity contribution in [1.29, 1.82) is 10.5 Å². The number of ether oxygens (including phenoxy) is 1. The van der Waals surface area contributed by atoms with Gasteiger partial charge < -0.3 is 14.8 Å². The quantitative estimate of drug-likeness (QED) is 0.551. The molecule has 0 spiro atoms. The molecular weight excluding hydrogens is 219 g/mol. The van der Waals surface area contributed by atoms with E-state index in [1.165, 1.54) is 31.4 Å². The highest BCUT2D eigenvalue weighted by Gasteiger charge is 2.13. The summed E-state index contributed by atoms with van der Waals surface area (Å²) in [5, 5.41) is 35.3. The average molecular weight is 228 g/mol. The second kappa shape index (κ2) is 5.71. The molecular formula is C11H9BN2O3. The summed E-state index contributed by atoms with van der Waals surface area (Å²) in [6, 6.07) is 7.90. The molecule has 0 heterocycles. The highest BCUT2D eigenvalue weighted by Crippen LogP contribution is 2.19. The van der Waals surface area contributed by atoms with E-state index < -0.39 is 7.12 Å². The van der Waals surface area contributed by atoms with Gasteiger partial charge in [-0.25, -0.2) is 0 Å². The van der Waals surface area contributed by atoms with Crippen LogP contribution in [0.5, 0.6) is 5.75 Å². The van der Waals surface area contributed by atoms with Crippen molar-refractivity contribution in [1.82, 2.24) is 0 Å². The van der Waals surface area contributed by atoms with Gasteiger partial charge in [0.05, 0.1) is 7.11 Å². The van der Waals surface area contributed by atoms with Crippen LogP contribution in [0, 0.1) is 22.7 Å². The van der Waals surface area contributed by atoms with Crippen molar-refractivity contribution in [3.8, 4) is 17.9 Å². The van der Waals surface area contributed by atoms with E-state index in [9.17, 15) is 0 Å². The molecule has 17 heavy (non-hydrogen) atoms. The first kappa shape index (κ1) is 12.8. The van der Waals surface area contributed by atoms with Gasteiger partial charge >= 0.3 is 7.12 Å². The highest BCUT2D eigenvalue weighted by molar-refractivity contribution is 6.58. The summed E-state index contributed by atoms with van der Waals surface area (Å²) in [6.45, 7) is 0. The number of benzene rings is 1. The van der Waals surface area contributed by atoms with Gasteiger partial charge in [0.15, 0.2) is 0 Å². The number of nitrogens with zero attached hydrogens (tertiary/aromatic N) is 2. The number of hydrogen-bond acceptors (Lipinski definition) is 5. The van der Waals surface area contributed by atoms with Crippen LogP contribution in [0.2, 0.25) is 0 Å². The summed E-state index contributed by atoms with van der Waals surface area (Å²) in [6.07, 6.45) is 1.32. The van der Waals surface area contributed by atoms with E-state index in [-0.39, 0.29) is 11.0 Å². The zero-order valence-electron chi connectivity index (χ0n) is 9.08. The summed E-state index contributed by atoms with van der Waals surface area (Å²) in [7, 11) is -0.166. The van der Waals surface area contributed by atoms with Crippen LogP contribution in [-0.2, 0) is 0 Å². The van der Waals surface area contributed by atoms with Crippen LogP contribution in [-0.4, -0.2) is 24.3 Å². The van der Waals surface area contributed by atoms with Crippen molar-refractivity contribution >= 4 is 18.7 Å². The Balaban J connectivity index is 3.30. The predicted octanol–water partition coefficient (Wildman–Crippen LogP) is -0.194. The van der Waals surface area contributed by atoms with Crippen molar-refractivity contribution in [2.24, 2.45) is 0 Å². The summed E-state index contributed by atoms with van der Waals surface area (Å²) < 4.78 is 5.04. The van der Waals surface area contributed by atoms with E-state index in [1.807, 2.05) is 0 Å². The van der Waals surface area contributed by atoms with Crippen molar-refractivity contribution in [2.75, 3.05) is 7.11 Å². The molecule has 84 valence electrons. The molecule has 0 amide bonds. The second-order valence-electron chi connectivity index (χ2n) is 3.16. The normalized spacial score (nSPS) is 8.76. The standard InChI is InChI=1S/C11H9BN2O3/c1-17-11-3-2-10(12(15)16)5-9(11)4-8(6-13)7-14/h2-5,15-16H,1H3. The fourth-order valence-corrected chi connectivity index (χ4v) is 1.27. The first-order chi connectivity index (χ1) is 8.12. The van der Waals surface area contributed by atoms with E-state index in [0.717, 1.165) is 0 Å². The second-order valence-corrected chi connectivity index (χ2v) is 3.16. The smallest absolute Gasteiger partial charge is 0.488 e. The molecule has 0 saturated heterocycles. The maximum absolute atomic E-state index is 9.02. The SMILES string of the molecule is COc1ccc(B(O)O)cc1C=C(C#N)C#N. The fraction of sp³-hybridized carbons (Fsp3) is 0.0909. The maximum Gasteiger partial charge on any atom is 0.488 e. The van der Waals surface area contributed by atoms with Crippen LogP contribution in [0.25, 0.3) is 6.08 Å². The molecule has 0 fully saturated rings. The number of nitriles is 2. The Bertz CT molecular complexity index is 510. The third-order valence-electron chi connectivity index (χ3n) is 2.09. The lowest BCUT2D eigenvalue weighted by Gasteiger charge is -2.07. The van der Waals surface area contributed by atoms with Crippen LogP contribution < -0.4 is 10.2 Å². The third-order valence-corrected chi connectivity index (χ3v) is 2.09. The Morgan fingerprint density at radius 2 is 2.00 bits per heavy atom. The van der Waals surface area contributed by atoms with Gasteiger partial charge in [0, 0.05) is 5.56 Å². The molecule has 0 aliphatic heterocycles. The van der Waals surface area contributed by atoms with Crippen LogP contribution in [0.15, 0.2) is 23.8 Å². The predicted molar refractivity (Wildman–Crippen MR) is 62.0 cm³/mol. The molecule has 0 bridgehead atoms. The Hall–Kier alpha value is -2.28. The lowest BCUT2D eigenvalue weighted by atomic mass is 9.79. The zero-order chi connectivity index (χ0) is 12.8. The Morgan fingerprint density at radius 1 is 1.35 bits per heavy atom. The highest BCUT2D eigenvalue weighted by atomic mass is 16.5. The minimum Gasteiger partial charge on any atom is -0.496 e.